The molecule has 0 spiro atoms. The van der Waals surface area contributed by atoms with Gasteiger partial charge < -0.3 is 15.2 Å². The highest BCUT2D eigenvalue weighted by atomic mass is 16.2. The van der Waals surface area contributed by atoms with Crippen LogP contribution < -0.4 is 10.9 Å². The minimum atomic E-state index is -0.145. The summed E-state index contributed by atoms with van der Waals surface area (Å²) in [7, 11) is 0. The van der Waals surface area contributed by atoms with Gasteiger partial charge in [-0.1, -0.05) is 12.1 Å². The number of hydrogen-bond donors (Lipinski definition) is 2. The molecule has 0 atom stereocenters. The van der Waals surface area contributed by atoms with E-state index in [2.05, 4.69) is 15.3 Å². The van der Waals surface area contributed by atoms with Gasteiger partial charge in [0.1, 0.15) is 5.69 Å². The van der Waals surface area contributed by atoms with Crippen molar-refractivity contribution in [2.75, 3.05) is 19.6 Å². The quantitative estimate of drug-likeness (QED) is 0.626. The predicted molar refractivity (Wildman–Crippen MR) is 124 cm³/mol. The fourth-order valence-corrected chi connectivity index (χ4v) is 4.31. The Balaban J connectivity index is 1.24. The number of benzene rings is 1. The van der Waals surface area contributed by atoms with E-state index in [1.165, 1.54) is 0 Å². The van der Waals surface area contributed by atoms with Crippen molar-refractivity contribution in [2.24, 2.45) is 5.92 Å². The number of fused-ring (bicyclic) bond motifs is 1. The lowest BCUT2D eigenvalue weighted by atomic mass is 9.93. The topological polar surface area (TPSA) is 95.2 Å². The molecule has 1 aromatic carbocycles. The van der Waals surface area contributed by atoms with Crippen LogP contribution in [0.1, 0.15) is 40.9 Å². The summed E-state index contributed by atoms with van der Waals surface area (Å²) >= 11 is 0. The summed E-state index contributed by atoms with van der Waals surface area (Å²) in [5.74, 6) is 0.490. The Morgan fingerprint density at radius 1 is 1.16 bits per heavy atom. The lowest BCUT2D eigenvalue weighted by Crippen LogP contribution is -2.40. The van der Waals surface area contributed by atoms with Crippen LogP contribution in [0.3, 0.4) is 0 Å². The van der Waals surface area contributed by atoms with E-state index in [1.54, 1.807) is 30.5 Å². The molecule has 2 N–H and O–H groups in total. The molecule has 7 nitrogen and oxygen atoms in total. The molecular formula is C25H28N4O3. The Morgan fingerprint density at radius 2 is 1.97 bits per heavy atom. The lowest BCUT2D eigenvalue weighted by Gasteiger charge is -2.32. The number of H-pyrrole nitrogens is 1. The molecule has 3 aromatic rings. The van der Waals surface area contributed by atoms with E-state index in [-0.39, 0.29) is 17.4 Å². The second kappa shape index (κ2) is 9.77. The average molecular weight is 433 g/mol. The number of rotatable bonds is 6. The molecule has 0 radical (unpaired) electrons. The number of amides is 2. The Kier molecular flexibility index (Phi) is 6.63. The third-order valence-corrected chi connectivity index (χ3v) is 6.17. The van der Waals surface area contributed by atoms with E-state index < -0.39 is 0 Å². The van der Waals surface area contributed by atoms with Gasteiger partial charge >= 0.3 is 0 Å². The molecule has 166 valence electrons. The number of hydrogen-bond acceptors (Lipinski definition) is 4. The number of aromatic nitrogens is 2. The minimum Gasteiger partial charge on any atom is -0.351 e. The van der Waals surface area contributed by atoms with Crippen LogP contribution in [0.5, 0.6) is 0 Å². The first-order valence-corrected chi connectivity index (χ1v) is 11.1. The maximum absolute atomic E-state index is 12.8. The second-order valence-corrected chi connectivity index (χ2v) is 8.46. The van der Waals surface area contributed by atoms with Crippen LogP contribution in [0.2, 0.25) is 0 Å². The Labute approximate surface area is 186 Å². The predicted octanol–water partition coefficient (Wildman–Crippen LogP) is 2.83. The van der Waals surface area contributed by atoms with E-state index >= 15 is 0 Å². The molecule has 3 heterocycles. The zero-order valence-electron chi connectivity index (χ0n) is 18.3. The van der Waals surface area contributed by atoms with Crippen LogP contribution in [-0.4, -0.2) is 46.3 Å². The third kappa shape index (κ3) is 5.22. The summed E-state index contributed by atoms with van der Waals surface area (Å²) in [6.45, 7) is 4.02. The monoisotopic (exact) mass is 432 g/mol. The van der Waals surface area contributed by atoms with Crippen molar-refractivity contribution in [2.45, 2.75) is 32.6 Å². The second-order valence-electron chi connectivity index (χ2n) is 8.46. The van der Waals surface area contributed by atoms with Gasteiger partial charge in [0, 0.05) is 42.8 Å². The summed E-state index contributed by atoms with van der Waals surface area (Å²) in [5.41, 5.74) is 2.98. The highest BCUT2D eigenvalue weighted by Crippen LogP contribution is 2.22. The summed E-state index contributed by atoms with van der Waals surface area (Å²) in [6, 6.07) is 12.6. The van der Waals surface area contributed by atoms with Crippen molar-refractivity contribution in [3.05, 3.63) is 75.8 Å². The fraction of sp³-hybridized carbons (Fsp3) is 0.360. The molecule has 1 aliphatic heterocycles. The molecule has 1 saturated heterocycles. The van der Waals surface area contributed by atoms with Gasteiger partial charge in [-0.15, -0.1) is 0 Å². The Morgan fingerprint density at radius 3 is 2.72 bits per heavy atom. The number of piperidine rings is 1. The molecule has 0 saturated carbocycles. The molecular weight excluding hydrogens is 404 g/mol. The molecule has 2 aromatic heterocycles. The molecule has 1 aliphatic rings. The van der Waals surface area contributed by atoms with Gasteiger partial charge in [-0.2, -0.15) is 0 Å². The van der Waals surface area contributed by atoms with Gasteiger partial charge in [-0.3, -0.25) is 19.4 Å². The summed E-state index contributed by atoms with van der Waals surface area (Å²) in [6.07, 6.45) is 4.77. The van der Waals surface area contributed by atoms with Crippen molar-refractivity contribution in [3.8, 4) is 0 Å². The fourth-order valence-electron chi connectivity index (χ4n) is 4.31. The number of aromatic amines is 1. The van der Waals surface area contributed by atoms with Crippen molar-refractivity contribution in [3.63, 3.8) is 0 Å². The molecule has 0 bridgehead atoms. The van der Waals surface area contributed by atoms with Crippen LogP contribution in [0.4, 0.5) is 0 Å². The van der Waals surface area contributed by atoms with E-state index in [9.17, 15) is 14.4 Å². The number of likely N-dealkylation sites (tertiary alicyclic amines) is 1. The first-order valence-electron chi connectivity index (χ1n) is 11.1. The summed E-state index contributed by atoms with van der Waals surface area (Å²) in [5, 5.41) is 3.90. The summed E-state index contributed by atoms with van der Waals surface area (Å²) in [4.78, 5) is 45.3. The number of carbonyl (C=O) groups excluding carboxylic acids is 2. The van der Waals surface area contributed by atoms with Crippen molar-refractivity contribution in [1.82, 2.24) is 20.2 Å². The zero-order valence-corrected chi connectivity index (χ0v) is 18.3. The van der Waals surface area contributed by atoms with Crippen LogP contribution in [-0.2, 0) is 11.2 Å². The average Bonchev–Trinajstić information content (AvgIpc) is 2.80. The first-order chi connectivity index (χ1) is 15.5. The Bertz CT molecular complexity index is 1160. The maximum atomic E-state index is 12.8. The van der Waals surface area contributed by atoms with Gasteiger partial charge in [-0.25, -0.2) is 0 Å². The van der Waals surface area contributed by atoms with Crippen molar-refractivity contribution < 1.29 is 9.59 Å². The van der Waals surface area contributed by atoms with Gasteiger partial charge in [-0.05, 0) is 67.5 Å². The molecule has 0 aliphatic carbocycles. The third-order valence-electron chi connectivity index (χ3n) is 6.17. The molecule has 1 fully saturated rings. The van der Waals surface area contributed by atoms with Crippen LogP contribution in [0.15, 0.2) is 53.5 Å². The summed E-state index contributed by atoms with van der Waals surface area (Å²) < 4.78 is 0. The molecule has 7 heteroatoms. The maximum Gasteiger partial charge on any atom is 0.269 e. The van der Waals surface area contributed by atoms with Crippen molar-refractivity contribution in [1.29, 1.82) is 0 Å². The molecule has 0 unspecified atom stereocenters. The molecule has 2 amide bonds. The minimum absolute atomic E-state index is 0.113. The van der Waals surface area contributed by atoms with E-state index in [0.717, 1.165) is 54.4 Å². The van der Waals surface area contributed by atoms with Crippen LogP contribution >= 0.6 is 0 Å². The van der Waals surface area contributed by atoms with E-state index in [1.807, 2.05) is 30.0 Å². The number of carbonyl (C=O) groups is 2. The number of nitrogens with zero attached hydrogens (tertiary/aromatic N) is 2. The number of pyridine rings is 2. The SMILES string of the molecule is Cc1cc(=O)[nH]c2ccc(CC(=O)N3CCC(CCNC(=O)c4ccccn4)CC3)cc12. The van der Waals surface area contributed by atoms with Gasteiger partial charge in [0.15, 0.2) is 0 Å². The smallest absolute Gasteiger partial charge is 0.269 e. The highest BCUT2D eigenvalue weighted by Gasteiger charge is 2.23. The largest absolute Gasteiger partial charge is 0.351 e. The highest BCUT2D eigenvalue weighted by molar-refractivity contribution is 5.92. The van der Waals surface area contributed by atoms with Gasteiger partial charge in [0.2, 0.25) is 11.5 Å². The first kappa shape index (κ1) is 21.7. The normalized spacial score (nSPS) is 14.5. The van der Waals surface area contributed by atoms with Crippen LogP contribution in [0, 0.1) is 12.8 Å². The van der Waals surface area contributed by atoms with E-state index in [0.29, 0.717) is 24.6 Å². The number of nitrogens with one attached hydrogen (secondary N) is 2. The van der Waals surface area contributed by atoms with Crippen LogP contribution in [0.25, 0.3) is 10.9 Å². The van der Waals surface area contributed by atoms with E-state index in [4.69, 9.17) is 0 Å². The van der Waals surface area contributed by atoms with Gasteiger partial charge in [0.25, 0.3) is 5.91 Å². The zero-order chi connectivity index (χ0) is 22.5. The molecule has 4 rings (SSSR count). The Hall–Kier alpha value is -3.48. The molecule has 32 heavy (non-hydrogen) atoms. The standard InChI is InChI=1S/C25H28N4O3/c1-17-14-23(30)28-21-6-5-19(15-20(17)21)16-24(31)29-12-8-18(9-13-29)7-11-27-25(32)22-4-2-3-10-26-22/h2-6,10,14-15,18H,7-9,11-13,16H2,1H3,(H,27,32)(H,28,30). The lowest BCUT2D eigenvalue weighted by molar-refractivity contribution is -0.131. The number of aryl methyl sites for hydroxylation is 1. The van der Waals surface area contributed by atoms with Gasteiger partial charge in [0.05, 0.1) is 6.42 Å². The van der Waals surface area contributed by atoms with Crippen molar-refractivity contribution >= 4 is 22.7 Å².